The average Bonchev–Trinajstić information content (AvgIpc) is 1.38. The summed E-state index contributed by atoms with van der Waals surface area (Å²) in [7, 11) is 0. The summed E-state index contributed by atoms with van der Waals surface area (Å²) in [6.07, 6.45) is 0. The largest absolute Gasteiger partial charge is 1.00 e. The van der Waals surface area contributed by atoms with Gasteiger partial charge in [0.25, 0.3) is 0 Å². The van der Waals surface area contributed by atoms with E-state index in [2.05, 4.69) is 0 Å². The maximum absolute atomic E-state index is 9.63. The van der Waals surface area contributed by atoms with E-state index in [0.717, 1.165) is 0 Å². The van der Waals surface area contributed by atoms with Gasteiger partial charge in [-0.25, -0.2) is 0 Å². The van der Waals surface area contributed by atoms with Crippen molar-refractivity contribution in [2.24, 2.45) is 5.92 Å². The minimum atomic E-state index is 0. The summed E-state index contributed by atoms with van der Waals surface area (Å²) in [4.78, 5) is 0. The van der Waals surface area contributed by atoms with Crippen LogP contribution in [0.3, 0.4) is 0 Å². The summed E-state index contributed by atoms with van der Waals surface area (Å²) in [6, 6.07) is 0. The van der Waals surface area contributed by atoms with Crippen LogP contribution < -0.4 is 63.3 Å². The van der Waals surface area contributed by atoms with Gasteiger partial charge in [-0.1, -0.05) is 19.8 Å². The summed E-state index contributed by atoms with van der Waals surface area (Å²) >= 11 is 0. The standard InChI is InChI=1S/C4H9O.Rb/c1-4(2)3-5;/h4H,3H2,1-2H3;/q-1;+1. The summed E-state index contributed by atoms with van der Waals surface area (Å²) < 4.78 is 0. The van der Waals surface area contributed by atoms with Crippen LogP contribution in [0.25, 0.3) is 0 Å². The van der Waals surface area contributed by atoms with Crippen molar-refractivity contribution in [1.82, 2.24) is 0 Å². The van der Waals surface area contributed by atoms with Gasteiger partial charge in [0.1, 0.15) is 0 Å². The van der Waals surface area contributed by atoms with Gasteiger partial charge in [0.15, 0.2) is 0 Å². The molecule has 0 amide bonds. The summed E-state index contributed by atoms with van der Waals surface area (Å²) in [5.41, 5.74) is 0. The van der Waals surface area contributed by atoms with Crippen LogP contribution in [-0.4, -0.2) is 6.61 Å². The molecule has 0 spiro atoms. The first kappa shape index (κ1) is 10.7. The maximum Gasteiger partial charge on any atom is 1.00 e. The zero-order valence-corrected chi connectivity index (χ0v) is 9.61. The molecular formula is C4H9ORb. The van der Waals surface area contributed by atoms with Crippen molar-refractivity contribution in [2.75, 3.05) is 6.61 Å². The molecular weight excluding hydrogens is 150 g/mol. The fourth-order valence-electron chi connectivity index (χ4n) is 0. The van der Waals surface area contributed by atoms with Crippen molar-refractivity contribution in [3.05, 3.63) is 0 Å². The fraction of sp³-hybridized carbons (Fsp3) is 1.00. The third-order valence-electron chi connectivity index (χ3n) is 0.333. The van der Waals surface area contributed by atoms with Crippen molar-refractivity contribution in [3.8, 4) is 0 Å². The van der Waals surface area contributed by atoms with Gasteiger partial charge in [0, 0.05) is 0 Å². The molecule has 0 aromatic carbocycles. The van der Waals surface area contributed by atoms with Gasteiger partial charge in [-0.3, -0.25) is 0 Å². The monoisotopic (exact) mass is 158 g/mol. The molecule has 1 nitrogen and oxygen atoms in total. The van der Waals surface area contributed by atoms with Crippen LogP contribution in [0.2, 0.25) is 0 Å². The summed E-state index contributed by atoms with van der Waals surface area (Å²) in [5, 5.41) is 9.63. The van der Waals surface area contributed by atoms with Gasteiger partial charge in [-0.15, -0.1) is 6.61 Å². The minimum absolute atomic E-state index is 0. The molecule has 0 rings (SSSR count). The van der Waals surface area contributed by atoms with E-state index in [1.54, 1.807) is 0 Å². The van der Waals surface area contributed by atoms with Gasteiger partial charge in [-0.05, 0) is 0 Å². The molecule has 32 valence electrons. The number of hydrogen-bond acceptors (Lipinski definition) is 1. The van der Waals surface area contributed by atoms with Crippen LogP contribution in [-0.2, 0) is 0 Å². The average molecular weight is 159 g/mol. The molecule has 0 aromatic rings. The van der Waals surface area contributed by atoms with E-state index < -0.39 is 0 Å². The zero-order chi connectivity index (χ0) is 4.28. The second-order valence-corrected chi connectivity index (χ2v) is 1.56. The van der Waals surface area contributed by atoms with Crippen molar-refractivity contribution in [1.29, 1.82) is 0 Å². The Morgan fingerprint density at radius 3 is 1.67 bits per heavy atom. The maximum atomic E-state index is 9.63. The van der Waals surface area contributed by atoms with Crippen molar-refractivity contribution in [3.63, 3.8) is 0 Å². The third kappa shape index (κ3) is 9.23. The molecule has 0 radical (unpaired) electrons. The van der Waals surface area contributed by atoms with Crippen LogP contribution in [0.15, 0.2) is 0 Å². The molecule has 0 saturated heterocycles. The SMILES string of the molecule is CC(C)C[O-].[Rb+]. The third-order valence-corrected chi connectivity index (χ3v) is 0.333. The van der Waals surface area contributed by atoms with Crippen molar-refractivity contribution < 1.29 is 63.3 Å². The summed E-state index contributed by atoms with van der Waals surface area (Å²) in [5.74, 6) is 0.329. The predicted octanol–water partition coefficient (Wildman–Crippen LogP) is -2.99. The minimum Gasteiger partial charge on any atom is -0.854 e. The molecule has 2 heteroatoms. The Kier molecular flexibility index (Phi) is 12.1. The van der Waals surface area contributed by atoms with E-state index in [1.165, 1.54) is 0 Å². The molecule has 0 saturated carbocycles. The van der Waals surface area contributed by atoms with Gasteiger partial charge in [-0.2, -0.15) is 0 Å². The molecule has 0 aliphatic rings. The van der Waals surface area contributed by atoms with Gasteiger partial charge < -0.3 is 5.11 Å². The van der Waals surface area contributed by atoms with E-state index in [-0.39, 0.29) is 64.8 Å². The van der Waals surface area contributed by atoms with Gasteiger partial charge >= 0.3 is 58.2 Å². The number of hydrogen-bond donors (Lipinski definition) is 0. The zero-order valence-electron chi connectivity index (χ0n) is 4.69. The van der Waals surface area contributed by atoms with E-state index in [1.807, 2.05) is 13.8 Å². The molecule has 0 aliphatic heterocycles. The Hall–Kier alpha value is 1.77. The van der Waals surface area contributed by atoms with E-state index >= 15 is 0 Å². The van der Waals surface area contributed by atoms with Crippen LogP contribution >= 0.6 is 0 Å². The van der Waals surface area contributed by atoms with E-state index in [0.29, 0.717) is 5.92 Å². The van der Waals surface area contributed by atoms with Gasteiger partial charge in [0.05, 0.1) is 0 Å². The van der Waals surface area contributed by atoms with Crippen molar-refractivity contribution >= 4 is 0 Å². The van der Waals surface area contributed by atoms with Crippen LogP contribution in [0.1, 0.15) is 13.8 Å². The van der Waals surface area contributed by atoms with Crippen molar-refractivity contribution in [2.45, 2.75) is 13.8 Å². The van der Waals surface area contributed by atoms with Crippen LogP contribution in [0.5, 0.6) is 0 Å². The molecule has 0 heterocycles. The quantitative estimate of drug-likeness (QED) is 0.399. The molecule has 0 fully saturated rings. The predicted molar refractivity (Wildman–Crippen MR) is 19.7 cm³/mol. The molecule has 0 aliphatic carbocycles. The molecule has 0 aromatic heterocycles. The first-order valence-electron chi connectivity index (χ1n) is 1.85. The second kappa shape index (κ2) is 6.77. The Morgan fingerprint density at radius 1 is 1.50 bits per heavy atom. The normalized spacial score (nSPS) is 8.00. The molecule has 6 heavy (non-hydrogen) atoms. The topological polar surface area (TPSA) is 23.1 Å². The Morgan fingerprint density at radius 2 is 1.67 bits per heavy atom. The summed E-state index contributed by atoms with van der Waals surface area (Å²) in [6.45, 7) is 3.88. The molecule has 0 atom stereocenters. The Balaban J connectivity index is 0. The van der Waals surface area contributed by atoms with E-state index in [9.17, 15) is 5.11 Å². The molecule has 0 unspecified atom stereocenters. The van der Waals surface area contributed by atoms with Gasteiger partial charge in [0.2, 0.25) is 0 Å². The molecule has 0 bridgehead atoms. The molecule has 0 N–H and O–H groups in total. The second-order valence-electron chi connectivity index (χ2n) is 1.56. The Bertz CT molecular complexity index is 21.5. The first-order valence-corrected chi connectivity index (χ1v) is 1.85. The first-order chi connectivity index (χ1) is 2.27. The van der Waals surface area contributed by atoms with E-state index in [4.69, 9.17) is 0 Å². The Labute approximate surface area is 87.9 Å². The van der Waals surface area contributed by atoms with Crippen LogP contribution in [0, 0.1) is 5.92 Å². The number of rotatable bonds is 1. The smallest absolute Gasteiger partial charge is 0.854 e. The van der Waals surface area contributed by atoms with Crippen LogP contribution in [0.4, 0.5) is 0 Å². The fourth-order valence-corrected chi connectivity index (χ4v) is 0.